The van der Waals surface area contributed by atoms with Gasteiger partial charge in [0.1, 0.15) is 0 Å². The molecule has 7 nitrogen and oxygen atoms in total. The van der Waals surface area contributed by atoms with Crippen LogP contribution in [0.5, 0.6) is 17.2 Å². The van der Waals surface area contributed by atoms with Gasteiger partial charge in [-0.05, 0) is 35.9 Å². The SMILES string of the molecule is COc1cc(/C=C(/NC(=O)c2ccccc2Cl)C(=O)[O-])cc(OC)c1OC. The highest BCUT2D eigenvalue weighted by Crippen LogP contribution is 2.38. The van der Waals surface area contributed by atoms with Crippen LogP contribution in [-0.2, 0) is 4.79 Å². The lowest BCUT2D eigenvalue weighted by Gasteiger charge is -2.15. The number of benzene rings is 2. The Labute approximate surface area is 161 Å². The number of aliphatic carboxylic acids is 1. The maximum absolute atomic E-state index is 12.3. The van der Waals surface area contributed by atoms with Crippen LogP contribution in [0.4, 0.5) is 0 Å². The topological polar surface area (TPSA) is 96.9 Å². The molecule has 0 saturated carbocycles. The van der Waals surface area contributed by atoms with Gasteiger partial charge in [0, 0.05) is 0 Å². The van der Waals surface area contributed by atoms with E-state index in [4.69, 9.17) is 25.8 Å². The number of methoxy groups -OCH3 is 3. The largest absolute Gasteiger partial charge is 0.543 e. The molecule has 0 atom stereocenters. The summed E-state index contributed by atoms with van der Waals surface area (Å²) in [5.74, 6) is -1.23. The summed E-state index contributed by atoms with van der Waals surface area (Å²) in [7, 11) is 4.32. The molecular weight excluding hydrogens is 374 g/mol. The summed E-state index contributed by atoms with van der Waals surface area (Å²) in [5.41, 5.74) is 0.0774. The van der Waals surface area contributed by atoms with Crippen LogP contribution in [0.15, 0.2) is 42.1 Å². The van der Waals surface area contributed by atoms with Gasteiger partial charge < -0.3 is 29.4 Å². The summed E-state index contributed by atoms with van der Waals surface area (Å²) in [5, 5.41) is 14.0. The second-order valence-electron chi connectivity index (χ2n) is 5.24. The summed E-state index contributed by atoms with van der Waals surface area (Å²) in [6, 6.07) is 9.34. The Balaban J connectivity index is 2.42. The van der Waals surface area contributed by atoms with Gasteiger partial charge in [0.2, 0.25) is 5.75 Å². The second kappa shape index (κ2) is 8.95. The van der Waals surface area contributed by atoms with Gasteiger partial charge in [-0.25, -0.2) is 0 Å². The van der Waals surface area contributed by atoms with Crippen molar-refractivity contribution in [3.63, 3.8) is 0 Å². The van der Waals surface area contributed by atoms with Crippen molar-refractivity contribution < 1.29 is 28.9 Å². The Morgan fingerprint density at radius 1 is 1.04 bits per heavy atom. The molecule has 0 spiro atoms. The van der Waals surface area contributed by atoms with Crippen molar-refractivity contribution in [1.82, 2.24) is 5.32 Å². The van der Waals surface area contributed by atoms with Crippen LogP contribution in [0.2, 0.25) is 5.02 Å². The molecule has 2 aromatic rings. The van der Waals surface area contributed by atoms with Crippen molar-refractivity contribution >= 4 is 29.6 Å². The maximum Gasteiger partial charge on any atom is 0.257 e. The lowest BCUT2D eigenvalue weighted by molar-refractivity contribution is -0.299. The first-order valence-corrected chi connectivity index (χ1v) is 8.08. The van der Waals surface area contributed by atoms with E-state index in [2.05, 4.69) is 5.32 Å². The average molecular weight is 391 g/mol. The van der Waals surface area contributed by atoms with Gasteiger partial charge in [0.15, 0.2) is 11.5 Å². The van der Waals surface area contributed by atoms with E-state index < -0.39 is 17.6 Å². The van der Waals surface area contributed by atoms with E-state index in [1.807, 2.05) is 0 Å². The number of carbonyl (C=O) groups excluding carboxylic acids is 2. The highest BCUT2D eigenvalue weighted by Gasteiger charge is 2.15. The Hall–Kier alpha value is -3.19. The monoisotopic (exact) mass is 390 g/mol. The van der Waals surface area contributed by atoms with Gasteiger partial charge >= 0.3 is 0 Å². The Kier molecular flexibility index (Phi) is 6.67. The zero-order valence-corrected chi connectivity index (χ0v) is 15.6. The molecule has 0 fully saturated rings. The minimum Gasteiger partial charge on any atom is -0.543 e. The summed E-state index contributed by atoms with van der Waals surface area (Å²) < 4.78 is 15.7. The molecule has 2 aromatic carbocycles. The van der Waals surface area contributed by atoms with Gasteiger partial charge in [-0.3, -0.25) is 4.79 Å². The van der Waals surface area contributed by atoms with E-state index in [0.717, 1.165) is 0 Å². The van der Waals surface area contributed by atoms with Gasteiger partial charge in [-0.1, -0.05) is 23.7 Å². The normalized spacial score (nSPS) is 10.9. The molecule has 0 saturated heterocycles. The molecular formula is C19H17ClNO6-. The van der Waals surface area contributed by atoms with E-state index in [1.165, 1.54) is 51.7 Å². The average Bonchev–Trinajstić information content (AvgIpc) is 2.66. The van der Waals surface area contributed by atoms with Gasteiger partial charge in [-0.2, -0.15) is 0 Å². The van der Waals surface area contributed by atoms with E-state index in [0.29, 0.717) is 22.8 Å². The molecule has 0 bridgehead atoms. The Morgan fingerprint density at radius 2 is 1.63 bits per heavy atom. The predicted molar refractivity (Wildman–Crippen MR) is 98.0 cm³/mol. The van der Waals surface area contributed by atoms with Crippen molar-refractivity contribution in [2.45, 2.75) is 0 Å². The summed E-state index contributed by atoms with van der Waals surface area (Å²) in [6.07, 6.45) is 1.22. The molecule has 0 heterocycles. The third-order valence-electron chi connectivity index (χ3n) is 3.58. The molecule has 1 N–H and O–H groups in total. The van der Waals surface area contributed by atoms with Crippen molar-refractivity contribution in [1.29, 1.82) is 0 Å². The van der Waals surface area contributed by atoms with Gasteiger partial charge in [-0.15, -0.1) is 0 Å². The third-order valence-corrected chi connectivity index (χ3v) is 3.91. The molecule has 2 rings (SSSR count). The first-order chi connectivity index (χ1) is 12.9. The lowest BCUT2D eigenvalue weighted by Crippen LogP contribution is -2.35. The number of rotatable bonds is 7. The number of carbonyl (C=O) groups is 2. The maximum atomic E-state index is 12.3. The molecule has 8 heteroatoms. The smallest absolute Gasteiger partial charge is 0.257 e. The first kappa shape index (κ1) is 20.1. The number of ether oxygens (including phenoxy) is 3. The van der Waals surface area contributed by atoms with Crippen LogP contribution in [-0.4, -0.2) is 33.2 Å². The molecule has 0 aliphatic heterocycles. The molecule has 0 aliphatic rings. The summed E-state index contributed by atoms with van der Waals surface area (Å²) >= 11 is 5.96. The Morgan fingerprint density at radius 3 is 2.11 bits per heavy atom. The molecule has 1 amide bonds. The number of amides is 1. The van der Waals surface area contributed by atoms with Crippen LogP contribution in [0.3, 0.4) is 0 Å². The minimum absolute atomic E-state index is 0.135. The molecule has 27 heavy (non-hydrogen) atoms. The Bertz CT molecular complexity index is 869. The van der Waals surface area contributed by atoms with E-state index in [1.54, 1.807) is 12.1 Å². The van der Waals surface area contributed by atoms with Crippen LogP contribution in [0.25, 0.3) is 6.08 Å². The molecule has 0 unspecified atom stereocenters. The van der Waals surface area contributed by atoms with Gasteiger partial charge in [0.05, 0.1) is 43.6 Å². The highest BCUT2D eigenvalue weighted by atomic mass is 35.5. The quantitative estimate of drug-likeness (QED) is 0.725. The zero-order valence-electron chi connectivity index (χ0n) is 14.9. The molecule has 142 valence electrons. The van der Waals surface area contributed by atoms with Crippen molar-refractivity contribution in [3.8, 4) is 17.2 Å². The second-order valence-corrected chi connectivity index (χ2v) is 5.65. The van der Waals surface area contributed by atoms with Crippen LogP contribution < -0.4 is 24.6 Å². The fourth-order valence-corrected chi connectivity index (χ4v) is 2.55. The molecule has 0 aliphatic carbocycles. The lowest BCUT2D eigenvalue weighted by atomic mass is 10.1. The minimum atomic E-state index is -1.57. The number of carboxylic acid groups (broad SMARTS) is 1. The molecule has 0 aromatic heterocycles. The zero-order chi connectivity index (χ0) is 20.0. The fourth-order valence-electron chi connectivity index (χ4n) is 2.33. The molecule has 0 radical (unpaired) electrons. The number of carboxylic acids is 1. The number of nitrogens with one attached hydrogen (secondary N) is 1. The van der Waals surface area contributed by atoms with Crippen LogP contribution >= 0.6 is 11.6 Å². The van der Waals surface area contributed by atoms with Crippen molar-refractivity contribution in [2.75, 3.05) is 21.3 Å². The number of hydrogen-bond acceptors (Lipinski definition) is 6. The predicted octanol–water partition coefficient (Wildman–Crippen LogP) is 1.89. The number of halogens is 1. The van der Waals surface area contributed by atoms with Gasteiger partial charge in [0.25, 0.3) is 5.91 Å². The van der Waals surface area contributed by atoms with Crippen molar-refractivity contribution in [3.05, 3.63) is 58.2 Å². The fraction of sp³-hybridized carbons (Fsp3) is 0.158. The van der Waals surface area contributed by atoms with E-state index >= 15 is 0 Å². The first-order valence-electron chi connectivity index (χ1n) is 7.70. The summed E-state index contributed by atoms with van der Waals surface area (Å²) in [6.45, 7) is 0. The van der Waals surface area contributed by atoms with Crippen LogP contribution in [0, 0.1) is 0 Å². The highest BCUT2D eigenvalue weighted by molar-refractivity contribution is 6.34. The standard InChI is InChI=1S/C19H18ClNO6/c1-25-15-9-11(10-16(26-2)17(15)27-3)8-14(19(23)24)21-18(22)12-6-4-5-7-13(12)20/h4-10H,1-3H3,(H,21,22)(H,23,24)/p-1/b14-8+. The number of hydrogen-bond donors (Lipinski definition) is 1. The third kappa shape index (κ3) is 4.71. The van der Waals surface area contributed by atoms with E-state index in [-0.39, 0.29) is 10.6 Å². The van der Waals surface area contributed by atoms with Crippen molar-refractivity contribution in [2.24, 2.45) is 0 Å². The van der Waals surface area contributed by atoms with Crippen LogP contribution in [0.1, 0.15) is 15.9 Å². The summed E-state index contributed by atoms with van der Waals surface area (Å²) in [4.78, 5) is 23.8. The van der Waals surface area contributed by atoms with E-state index in [9.17, 15) is 14.7 Å².